The first-order valence-electron chi connectivity index (χ1n) is 4.89. The third-order valence-corrected chi connectivity index (χ3v) is 0.892. The van der Waals surface area contributed by atoms with Crippen molar-refractivity contribution in [3.05, 3.63) is 0 Å². The van der Waals surface area contributed by atoms with E-state index >= 15 is 0 Å². The molecule has 0 aromatic rings. The highest BCUT2D eigenvalue weighted by atomic mass is 19.4. The number of alkyl halides is 6. The van der Waals surface area contributed by atoms with Gasteiger partial charge in [0.2, 0.25) is 0 Å². The molecule has 0 aliphatic rings. The molecule has 0 heterocycles. The summed E-state index contributed by atoms with van der Waals surface area (Å²) in [6.07, 6.45) is -10.9. The summed E-state index contributed by atoms with van der Waals surface area (Å²) < 4.78 is 68.0. The summed E-state index contributed by atoms with van der Waals surface area (Å²) in [4.78, 5) is 27.8. The van der Waals surface area contributed by atoms with Crippen LogP contribution in [-0.2, 0) is 14.3 Å². The smallest absolute Gasteiger partial charge is 0.475 e. The average molecular weight is 345 g/mol. The van der Waals surface area contributed by atoms with Crippen molar-refractivity contribution >= 4 is 18.0 Å². The Morgan fingerprint density at radius 2 is 1.00 bits per heavy atom. The van der Waals surface area contributed by atoms with Gasteiger partial charge in [0.1, 0.15) is 5.60 Å². The summed E-state index contributed by atoms with van der Waals surface area (Å²) in [5, 5.41) is 14.2. The van der Waals surface area contributed by atoms with Crippen molar-refractivity contribution in [1.29, 1.82) is 0 Å². The SMILES string of the molecule is CC(C)(C)OC(N)=O.O=C(O)C(F)(F)F.O=C(O)C(F)(F)F. The maximum absolute atomic E-state index is 10.6. The zero-order valence-electron chi connectivity index (χ0n) is 11.4. The molecule has 0 unspecified atom stereocenters. The second-order valence-electron chi connectivity index (χ2n) is 4.14. The third kappa shape index (κ3) is 22.9. The minimum atomic E-state index is -5.08. The highest BCUT2D eigenvalue weighted by molar-refractivity contribution is 5.73. The fraction of sp³-hybridized carbons (Fsp3) is 0.667. The number of carboxylic acid groups (broad SMARTS) is 2. The second kappa shape index (κ2) is 8.94. The van der Waals surface area contributed by atoms with Crippen LogP contribution >= 0.6 is 0 Å². The molecule has 22 heavy (non-hydrogen) atoms. The number of ether oxygens (including phenoxy) is 1. The summed E-state index contributed by atoms with van der Waals surface area (Å²) in [6, 6.07) is 0. The fourth-order valence-electron chi connectivity index (χ4n) is 0.302. The maximum Gasteiger partial charge on any atom is 0.490 e. The molecule has 0 fully saturated rings. The number of carboxylic acids is 2. The number of hydrogen-bond acceptors (Lipinski definition) is 4. The van der Waals surface area contributed by atoms with Crippen molar-refractivity contribution in [2.75, 3.05) is 0 Å². The van der Waals surface area contributed by atoms with Crippen LogP contribution in [0.25, 0.3) is 0 Å². The minimum absolute atomic E-state index is 0.453. The number of hydrogen-bond donors (Lipinski definition) is 3. The number of primary amides is 1. The van der Waals surface area contributed by atoms with E-state index in [9.17, 15) is 31.1 Å². The van der Waals surface area contributed by atoms with Gasteiger partial charge in [0.25, 0.3) is 0 Å². The Hall–Kier alpha value is -2.21. The van der Waals surface area contributed by atoms with E-state index in [2.05, 4.69) is 4.74 Å². The van der Waals surface area contributed by atoms with Crippen molar-refractivity contribution in [3.63, 3.8) is 0 Å². The second-order valence-corrected chi connectivity index (χ2v) is 4.14. The van der Waals surface area contributed by atoms with Crippen molar-refractivity contribution in [2.45, 2.75) is 38.7 Å². The molecule has 7 nitrogen and oxygen atoms in total. The molecule has 0 aliphatic heterocycles. The summed E-state index contributed by atoms with van der Waals surface area (Å²) >= 11 is 0. The average Bonchev–Trinajstić information content (AvgIpc) is 2.11. The molecule has 1 amide bonds. The lowest BCUT2D eigenvalue weighted by Crippen LogP contribution is -2.27. The van der Waals surface area contributed by atoms with Crippen molar-refractivity contribution in [1.82, 2.24) is 0 Å². The molecule has 0 aromatic carbocycles. The first-order valence-corrected chi connectivity index (χ1v) is 4.89. The molecule has 0 atom stereocenters. The van der Waals surface area contributed by atoms with Gasteiger partial charge in [0, 0.05) is 0 Å². The number of nitrogens with two attached hydrogens (primary N) is 1. The Kier molecular flexibility index (Phi) is 10.1. The largest absolute Gasteiger partial charge is 0.490 e. The quantitative estimate of drug-likeness (QED) is 0.577. The van der Waals surface area contributed by atoms with Crippen molar-refractivity contribution < 1.29 is 55.7 Å². The molecule has 0 spiro atoms. The Morgan fingerprint density at radius 3 is 1.00 bits per heavy atom. The normalized spacial score (nSPS) is 11.1. The number of carbonyl (C=O) groups is 3. The van der Waals surface area contributed by atoms with Gasteiger partial charge in [-0.15, -0.1) is 0 Å². The van der Waals surface area contributed by atoms with Crippen LogP contribution in [0.1, 0.15) is 20.8 Å². The summed E-state index contributed by atoms with van der Waals surface area (Å²) in [5.74, 6) is -5.51. The van der Waals surface area contributed by atoms with Crippen molar-refractivity contribution in [2.24, 2.45) is 5.73 Å². The van der Waals surface area contributed by atoms with Gasteiger partial charge in [-0.25, -0.2) is 14.4 Å². The molecular weight excluding hydrogens is 332 g/mol. The third-order valence-electron chi connectivity index (χ3n) is 0.892. The molecule has 0 bridgehead atoms. The van der Waals surface area contributed by atoms with Crippen LogP contribution < -0.4 is 5.73 Å². The summed E-state index contributed by atoms with van der Waals surface area (Å²) in [7, 11) is 0. The van der Waals surface area contributed by atoms with Gasteiger partial charge in [-0.1, -0.05) is 0 Å². The Balaban J connectivity index is -0.000000247. The zero-order valence-corrected chi connectivity index (χ0v) is 11.4. The summed E-state index contributed by atoms with van der Waals surface area (Å²) in [5.41, 5.74) is 4.26. The predicted octanol–water partition coefficient (Wildman–Crippen LogP) is 2.15. The van der Waals surface area contributed by atoms with Crippen LogP contribution in [0.4, 0.5) is 31.1 Å². The summed E-state index contributed by atoms with van der Waals surface area (Å²) in [6.45, 7) is 5.28. The lowest BCUT2D eigenvalue weighted by Gasteiger charge is -2.16. The predicted molar refractivity (Wildman–Crippen MR) is 57.8 cm³/mol. The topological polar surface area (TPSA) is 127 Å². The van der Waals surface area contributed by atoms with Crippen LogP contribution in [0, 0.1) is 0 Å². The first kappa shape index (κ1) is 24.8. The molecule has 0 saturated heterocycles. The highest BCUT2D eigenvalue weighted by Gasteiger charge is 2.38. The first-order chi connectivity index (χ1) is 9.30. The van der Waals surface area contributed by atoms with Gasteiger partial charge in [0.15, 0.2) is 0 Å². The van der Waals surface area contributed by atoms with E-state index in [-0.39, 0.29) is 0 Å². The standard InChI is InChI=1S/C5H11NO2.2C2HF3O2/c1-5(2,3)8-4(6)7;2*3-2(4,5)1(6)7/h1-3H3,(H2,6,7);2*(H,6,7). The van der Waals surface area contributed by atoms with Crippen LogP contribution in [0.3, 0.4) is 0 Å². The number of rotatable bonds is 0. The molecule has 0 aliphatic carbocycles. The fourth-order valence-corrected chi connectivity index (χ4v) is 0.302. The van der Waals surface area contributed by atoms with Gasteiger partial charge >= 0.3 is 30.4 Å². The molecule has 0 aromatic heterocycles. The van der Waals surface area contributed by atoms with Gasteiger partial charge in [0.05, 0.1) is 0 Å². The van der Waals surface area contributed by atoms with Gasteiger partial charge in [-0.2, -0.15) is 26.3 Å². The number of halogens is 6. The molecule has 4 N–H and O–H groups in total. The highest BCUT2D eigenvalue weighted by Crippen LogP contribution is 2.13. The van der Waals surface area contributed by atoms with Crippen LogP contribution in [0.15, 0.2) is 0 Å². The number of aliphatic carboxylic acids is 2. The Bertz CT molecular complexity index is 360. The monoisotopic (exact) mass is 345 g/mol. The van der Waals surface area contributed by atoms with Gasteiger partial charge in [-0.05, 0) is 20.8 Å². The molecule has 132 valence electrons. The van der Waals surface area contributed by atoms with Crippen molar-refractivity contribution in [3.8, 4) is 0 Å². The lowest BCUT2D eigenvalue weighted by atomic mass is 10.2. The van der Waals surface area contributed by atoms with E-state index in [0.29, 0.717) is 0 Å². The molecular formula is C9H13F6NO6. The van der Waals surface area contributed by atoms with E-state index in [1.54, 1.807) is 20.8 Å². The van der Waals surface area contributed by atoms with Crippen LogP contribution in [-0.4, -0.2) is 46.2 Å². The molecule has 0 saturated carbocycles. The van der Waals surface area contributed by atoms with Crippen LogP contribution in [0.2, 0.25) is 0 Å². The molecule has 13 heteroatoms. The number of amides is 1. The maximum atomic E-state index is 10.6. The molecule has 0 rings (SSSR count). The van der Waals surface area contributed by atoms with Gasteiger partial charge in [-0.3, -0.25) is 0 Å². The van der Waals surface area contributed by atoms with Gasteiger partial charge < -0.3 is 20.7 Å². The van der Waals surface area contributed by atoms with E-state index < -0.39 is 36.0 Å². The van der Waals surface area contributed by atoms with E-state index in [4.69, 9.17) is 25.5 Å². The van der Waals surface area contributed by atoms with E-state index in [1.165, 1.54) is 0 Å². The van der Waals surface area contributed by atoms with E-state index in [0.717, 1.165) is 0 Å². The molecule has 0 radical (unpaired) electrons. The minimum Gasteiger partial charge on any atom is -0.475 e. The van der Waals surface area contributed by atoms with Crippen LogP contribution in [0.5, 0.6) is 0 Å². The zero-order chi connectivity index (χ0) is 18.9. The van der Waals surface area contributed by atoms with E-state index in [1.807, 2.05) is 0 Å². The number of carbonyl (C=O) groups excluding carboxylic acids is 1. The Labute approximate surface area is 119 Å². The Morgan fingerprint density at radius 1 is 0.818 bits per heavy atom. The lowest BCUT2D eigenvalue weighted by molar-refractivity contribution is -0.193.